The summed E-state index contributed by atoms with van der Waals surface area (Å²) in [6, 6.07) is 8.31. The van der Waals surface area contributed by atoms with Crippen LogP contribution in [0.2, 0.25) is 0 Å². The van der Waals surface area contributed by atoms with Gasteiger partial charge in [0.05, 0.1) is 11.3 Å². The van der Waals surface area contributed by atoms with Crippen LogP contribution in [0, 0.1) is 17.2 Å². The van der Waals surface area contributed by atoms with Gasteiger partial charge >= 0.3 is 5.97 Å². The van der Waals surface area contributed by atoms with Gasteiger partial charge in [-0.05, 0) is 43.6 Å². The molecule has 5 heteroatoms. The number of anilines is 1. The van der Waals surface area contributed by atoms with E-state index in [9.17, 15) is 10.1 Å². The molecule has 0 bridgehead atoms. The van der Waals surface area contributed by atoms with Crippen molar-refractivity contribution in [1.82, 2.24) is 0 Å². The van der Waals surface area contributed by atoms with Crippen LogP contribution >= 0.6 is 11.8 Å². The molecular formula is C16H20N2O2S. The number of nitrogens with zero attached hydrogens (tertiary/aromatic N) is 2. The molecule has 0 aromatic heterocycles. The predicted molar refractivity (Wildman–Crippen MR) is 84.7 cm³/mol. The zero-order valence-corrected chi connectivity index (χ0v) is 13.0. The normalized spacial score (nSPS) is 15.7. The van der Waals surface area contributed by atoms with E-state index >= 15 is 0 Å². The first-order valence-corrected chi connectivity index (χ1v) is 8.42. The molecule has 1 aromatic rings. The van der Waals surface area contributed by atoms with Gasteiger partial charge < -0.3 is 10.0 Å². The second-order valence-electron chi connectivity index (χ2n) is 5.33. The summed E-state index contributed by atoms with van der Waals surface area (Å²) in [5.74, 6) is -0.219. The average molecular weight is 304 g/mol. The summed E-state index contributed by atoms with van der Waals surface area (Å²) in [6.07, 6.45) is 5.01. The second-order valence-corrected chi connectivity index (χ2v) is 6.18. The Morgan fingerprint density at radius 1 is 1.48 bits per heavy atom. The molecule has 21 heavy (non-hydrogen) atoms. The smallest absolute Gasteiger partial charge is 0.303 e. The first-order valence-electron chi connectivity index (χ1n) is 7.19. The number of aliphatic carboxylic acids is 1. The lowest BCUT2D eigenvalue weighted by Crippen LogP contribution is -2.34. The maximum Gasteiger partial charge on any atom is 0.303 e. The number of thioether (sulfide) groups is 1. The Labute approximate surface area is 129 Å². The number of benzene rings is 1. The van der Waals surface area contributed by atoms with E-state index in [0.717, 1.165) is 48.5 Å². The molecule has 0 unspecified atom stereocenters. The number of rotatable bonds is 5. The first-order chi connectivity index (χ1) is 10.2. The number of carboxylic acid groups (broad SMARTS) is 1. The van der Waals surface area contributed by atoms with E-state index in [0.29, 0.717) is 5.92 Å². The summed E-state index contributed by atoms with van der Waals surface area (Å²) in [5.41, 5.74) is 1.77. The third kappa shape index (κ3) is 3.92. The standard InChI is InChI=1S/C16H20N2O2S/c1-21-15-4-2-3-14(13(15)11-17)18-9-7-12(8-10-18)5-6-16(19)20/h2-4,12H,5-10H2,1H3,(H,19,20). The summed E-state index contributed by atoms with van der Waals surface area (Å²) in [7, 11) is 0. The highest BCUT2D eigenvalue weighted by atomic mass is 32.2. The molecule has 0 radical (unpaired) electrons. The quantitative estimate of drug-likeness (QED) is 0.845. The van der Waals surface area contributed by atoms with E-state index in [1.807, 2.05) is 24.5 Å². The molecule has 2 rings (SSSR count). The molecule has 0 atom stereocenters. The second kappa shape index (κ2) is 7.37. The number of nitriles is 1. The topological polar surface area (TPSA) is 64.3 Å². The van der Waals surface area contributed by atoms with Crippen LogP contribution in [0.15, 0.2) is 23.1 Å². The molecule has 1 heterocycles. The summed E-state index contributed by atoms with van der Waals surface area (Å²) in [6.45, 7) is 1.80. The average Bonchev–Trinajstić information content (AvgIpc) is 2.52. The number of hydrogen-bond acceptors (Lipinski definition) is 4. The molecule has 0 amide bonds. The minimum absolute atomic E-state index is 0.260. The van der Waals surface area contributed by atoms with Gasteiger partial charge in [0.1, 0.15) is 6.07 Å². The van der Waals surface area contributed by atoms with E-state index in [2.05, 4.69) is 11.0 Å². The third-order valence-corrected chi connectivity index (χ3v) is 4.84. The fourth-order valence-electron chi connectivity index (χ4n) is 2.86. The fourth-order valence-corrected chi connectivity index (χ4v) is 3.42. The van der Waals surface area contributed by atoms with Crippen molar-refractivity contribution < 1.29 is 9.90 Å². The van der Waals surface area contributed by atoms with Crippen LogP contribution in [0.25, 0.3) is 0 Å². The van der Waals surface area contributed by atoms with E-state index < -0.39 is 5.97 Å². The summed E-state index contributed by atoms with van der Waals surface area (Å²) in [4.78, 5) is 13.9. The van der Waals surface area contributed by atoms with Gasteiger partial charge in [-0.3, -0.25) is 4.79 Å². The van der Waals surface area contributed by atoms with Gasteiger partial charge in [0.25, 0.3) is 0 Å². The van der Waals surface area contributed by atoms with Gasteiger partial charge in [0.2, 0.25) is 0 Å². The zero-order chi connectivity index (χ0) is 15.2. The first kappa shape index (κ1) is 15.7. The molecule has 1 fully saturated rings. The van der Waals surface area contributed by atoms with Crippen LogP contribution in [0.1, 0.15) is 31.2 Å². The number of carboxylic acids is 1. The number of carbonyl (C=O) groups is 1. The van der Waals surface area contributed by atoms with E-state index in [-0.39, 0.29) is 6.42 Å². The zero-order valence-electron chi connectivity index (χ0n) is 12.2. The summed E-state index contributed by atoms with van der Waals surface area (Å²) >= 11 is 1.60. The summed E-state index contributed by atoms with van der Waals surface area (Å²) < 4.78 is 0. The minimum Gasteiger partial charge on any atom is -0.481 e. The Morgan fingerprint density at radius 3 is 2.76 bits per heavy atom. The van der Waals surface area contributed by atoms with Gasteiger partial charge in [-0.25, -0.2) is 0 Å². The van der Waals surface area contributed by atoms with Gasteiger partial charge in [-0.15, -0.1) is 11.8 Å². The van der Waals surface area contributed by atoms with Crippen LogP contribution in [0.4, 0.5) is 5.69 Å². The molecule has 0 spiro atoms. The van der Waals surface area contributed by atoms with Gasteiger partial charge in [0, 0.05) is 24.4 Å². The minimum atomic E-state index is -0.711. The third-order valence-electron chi connectivity index (χ3n) is 4.06. The van der Waals surface area contributed by atoms with Crippen molar-refractivity contribution in [2.24, 2.45) is 5.92 Å². The Morgan fingerprint density at radius 2 is 2.19 bits per heavy atom. The van der Waals surface area contributed by atoms with E-state index in [1.54, 1.807) is 11.8 Å². The van der Waals surface area contributed by atoms with Crippen molar-refractivity contribution in [3.05, 3.63) is 23.8 Å². The lowest BCUT2D eigenvalue weighted by molar-refractivity contribution is -0.137. The maximum atomic E-state index is 10.6. The Bertz CT molecular complexity index is 546. The molecule has 4 nitrogen and oxygen atoms in total. The lowest BCUT2D eigenvalue weighted by atomic mass is 9.91. The molecule has 0 aliphatic carbocycles. The molecule has 112 valence electrons. The van der Waals surface area contributed by atoms with Crippen molar-refractivity contribution in [2.75, 3.05) is 24.2 Å². The predicted octanol–water partition coefficient (Wildman–Crippen LogP) is 3.36. The highest BCUT2D eigenvalue weighted by molar-refractivity contribution is 7.98. The molecule has 1 aliphatic heterocycles. The molecule has 1 saturated heterocycles. The SMILES string of the molecule is CSc1cccc(N2CCC(CCC(=O)O)CC2)c1C#N. The summed E-state index contributed by atoms with van der Waals surface area (Å²) in [5, 5.41) is 18.2. The lowest BCUT2D eigenvalue weighted by Gasteiger charge is -2.34. The van der Waals surface area contributed by atoms with E-state index in [4.69, 9.17) is 5.11 Å². The largest absolute Gasteiger partial charge is 0.481 e. The van der Waals surface area contributed by atoms with Gasteiger partial charge in [0.15, 0.2) is 0 Å². The van der Waals surface area contributed by atoms with Gasteiger partial charge in [-0.1, -0.05) is 6.07 Å². The Balaban J connectivity index is 2.03. The van der Waals surface area contributed by atoms with Crippen molar-refractivity contribution in [3.63, 3.8) is 0 Å². The molecule has 1 N–H and O–H groups in total. The Hall–Kier alpha value is -1.67. The number of piperidine rings is 1. The highest BCUT2D eigenvalue weighted by Gasteiger charge is 2.22. The molecule has 0 saturated carbocycles. The maximum absolute atomic E-state index is 10.6. The van der Waals surface area contributed by atoms with Crippen LogP contribution in [-0.2, 0) is 4.79 Å². The van der Waals surface area contributed by atoms with Crippen molar-refractivity contribution in [2.45, 2.75) is 30.6 Å². The fraction of sp³-hybridized carbons (Fsp3) is 0.500. The molecule has 1 aromatic carbocycles. The molecule has 1 aliphatic rings. The van der Waals surface area contributed by atoms with Crippen LogP contribution < -0.4 is 4.90 Å². The monoisotopic (exact) mass is 304 g/mol. The van der Waals surface area contributed by atoms with Gasteiger partial charge in [-0.2, -0.15) is 5.26 Å². The van der Waals surface area contributed by atoms with Crippen molar-refractivity contribution in [1.29, 1.82) is 5.26 Å². The van der Waals surface area contributed by atoms with Crippen LogP contribution in [0.3, 0.4) is 0 Å². The Kier molecular flexibility index (Phi) is 5.51. The van der Waals surface area contributed by atoms with E-state index in [1.165, 1.54) is 0 Å². The molecular weight excluding hydrogens is 284 g/mol. The van der Waals surface area contributed by atoms with Crippen molar-refractivity contribution >= 4 is 23.4 Å². The van der Waals surface area contributed by atoms with Crippen LogP contribution in [-0.4, -0.2) is 30.4 Å². The van der Waals surface area contributed by atoms with Crippen LogP contribution in [0.5, 0.6) is 0 Å². The number of hydrogen-bond donors (Lipinski definition) is 1. The highest BCUT2D eigenvalue weighted by Crippen LogP contribution is 2.32. The van der Waals surface area contributed by atoms with Crippen molar-refractivity contribution in [3.8, 4) is 6.07 Å².